The Morgan fingerprint density at radius 3 is 2.84 bits per heavy atom. The normalized spacial score (nSPS) is 15.9. The van der Waals surface area contributed by atoms with Crippen LogP contribution in [0, 0.1) is 10.1 Å². The first-order chi connectivity index (χ1) is 9.08. The van der Waals surface area contributed by atoms with Crippen molar-refractivity contribution in [2.45, 2.75) is 6.42 Å². The van der Waals surface area contributed by atoms with Crippen LogP contribution in [0.1, 0.15) is 27.9 Å². The molecule has 0 saturated carbocycles. The van der Waals surface area contributed by atoms with Gasteiger partial charge in [-0.25, -0.2) is 0 Å². The van der Waals surface area contributed by atoms with Gasteiger partial charge in [0.05, 0.1) is 10.5 Å². The fourth-order valence-electron chi connectivity index (χ4n) is 2.36. The molecule has 1 amide bonds. The number of allylic oxidation sites excluding steroid dienone is 2. The summed E-state index contributed by atoms with van der Waals surface area (Å²) in [5, 5.41) is 11.2. The number of nitrogens with zero attached hydrogens (tertiary/aromatic N) is 2. The maximum atomic E-state index is 11.2. The molecule has 1 heterocycles. The van der Waals surface area contributed by atoms with Gasteiger partial charge in [0.15, 0.2) is 0 Å². The van der Waals surface area contributed by atoms with Crippen LogP contribution in [0.4, 0.5) is 0 Å². The minimum absolute atomic E-state index is 0.000814. The topological polar surface area (TPSA) is 98.6 Å². The number of hydrogen-bond acceptors (Lipinski definition) is 4. The van der Waals surface area contributed by atoms with Crippen molar-refractivity contribution in [3.63, 3.8) is 0 Å². The van der Waals surface area contributed by atoms with Gasteiger partial charge in [0, 0.05) is 18.2 Å². The number of aliphatic imine (C=N–C) groups is 1. The number of amides is 1. The van der Waals surface area contributed by atoms with Crippen LogP contribution in [0.5, 0.6) is 0 Å². The van der Waals surface area contributed by atoms with Crippen molar-refractivity contribution < 1.29 is 9.72 Å². The van der Waals surface area contributed by atoms with Gasteiger partial charge in [-0.15, -0.1) is 0 Å². The molecule has 2 aliphatic rings. The van der Waals surface area contributed by atoms with E-state index in [-0.39, 0.29) is 5.70 Å². The monoisotopic (exact) mass is 255 g/mol. The number of fused-ring (bicyclic) bond motifs is 4. The highest BCUT2D eigenvalue weighted by Gasteiger charge is 2.32. The molecule has 3 rings (SSSR count). The fraction of sp³-hybridized carbons (Fsp3) is 0.0769. The third kappa shape index (κ3) is 1.65. The van der Waals surface area contributed by atoms with Gasteiger partial charge in [0.1, 0.15) is 5.70 Å². The number of nitrogens with two attached hydrogens (primary N) is 1. The van der Waals surface area contributed by atoms with E-state index in [1.54, 1.807) is 18.2 Å². The van der Waals surface area contributed by atoms with E-state index in [2.05, 4.69) is 4.99 Å². The second-order valence-electron chi connectivity index (χ2n) is 4.32. The van der Waals surface area contributed by atoms with Gasteiger partial charge in [-0.1, -0.05) is 0 Å². The molecule has 0 aromatic heterocycles. The van der Waals surface area contributed by atoms with E-state index in [4.69, 9.17) is 5.73 Å². The van der Waals surface area contributed by atoms with Crippen LogP contribution in [-0.2, 0) is 0 Å². The van der Waals surface area contributed by atoms with Crippen LogP contribution in [0.15, 0.2) is 35.0 Å². The van der Waals surface area contributed by atoms with Gasteiger partial charge in [0.25, 0.3) is 5.70 Å². The van der Waals surface area contributed by atoms with E-state index in [1.165, 1.54) is 12.3 Å². The molecule has 0 atom stereocenters. The Labute approximate surface area is 108 Å². The summed E-state index contributed by atoms with van der Waals surface area (Å²) in [6.07, 6.45) is 3.74. The lowest BCUT2D eigenvalue weighted by Crippen LogP contribution is -2.15. The molecule has 0 spiro atoms. The molecule has 0 fully saturated rings. The van der Waals surface area contributed by atoms with Crippen molar-refractivity contribution >= 4 is 23.4 Å². The van der Waals surface area contributed by atoms with E-state index in [9.17, 15) is 14.9 Å². The van der Waals surface area contributed by atoms with Crippen molar-refractivity contribution in [2.75, 3.05) is 0 Å². The number of carbonyl (C=O) groups excluding carboxylic acids is 1. The molecule has 1 aromatic rings. The zero-order valence-electron chi connectivity index (χ0n) is 9.79. The summed E-state index contributed by atoms with van der Waals surface area (Å²) in [6.45, 7) is 0. The first-order valence-electron chi connectivity index (χ1n) is 5.63. The predicted octanol–water partition coefficient (Wildman–Crippen LogP) is 1.60. The highest BCUT2D eigenvalue weighted by molar-refractivity contribution is 5.99. The van der Waals surface area contributed by atoms with Crippen LogP contribution in [-0.4, -0.2) is 17.0 Å². The van der Waals surface area contributed by atoms with Gasteiger partial charge < -0.3 is 5.73 Å². The smallest absolute Gasteiger partial charge is 0.298 e. The number of primary amides is 1. The molecule has 1 aliphatic heterocycles. The van der Waals surface area contributed by atoms with Crippen LogP contribution >= 0.6 is 0 Å². The van der Waals surface area contributed by atoms with Gasteiger partial charge in [-0.2, -0.15) is 0 Å². The molecule has 0 radical (unpaired) electrons. The summed E-state index contributed by atoms with van der Waals surface area (Å²) in [5.41, 5.74) is 8.10. The van der Waals surface area contributed by atoms with Crippen molar-refractivity contribution in [3.8, 4) is 0 Å². The number of dihydropyridines is 1. The molecular formula is C13H9N3O3. The fourth-order valence-corrected chi connectivity index (χ4v) is 2.36. The highest BCUT2D eigenvalue weighted by atomic mass is 16.6. The molecule has 0 saturated heterocycles. The van der Waals surface area contributed by atoms with Crippen LogP contribution in [0.25, 0.3) is 11.3 Å². The van der Waals surface area contributed by atoms with Gasteiger partial charge in [-0.05, 0) is 35.4 Å². The Morgan fingerprint density at radius 1 is 1.37 bits per heavy atom. The first-order valence-corrected chi connectivity index (χ1v) is 5.63. The molecule has 2 N–H and O–H groups in total. The Balaban J connectivity index is 2.30. The maximum absolute atomic E-state index is 11.2. The summed E-state index contributed by atoms with van der Waals surface area (Å²) in [4.78, 5) is 26.0. The molecule has 6 heteroatoms. The lowest BCUT2D eigenvalue weighted by atomic mass is 9.86. The van der Waals surface area contributed by atoms with Crippen LogP contribution < -0.4 is 5.73 Å². The zero-order chi connectivity index (χ0) is 13.6. The third-order valence-electron chi connectivity index (χ3n) is 3.23. The summed E-state index contributed by atoms with van der Waals surface area (Å²) in [5.74, 6) is -0.551. The number of carbonyl (C=O) groups is 1. The van der Waals surface area contributed by atoms with Crippen molar-refractivity contribution in [3.05, 3.63) is 56.8 Å². The van der Waals surface area contributed by atoms with E-state index in [0.717, 1.165) is 5.57 Å². The highest BCUT2D eigenvalue weighted by Crippen LogP contribution is 2.40. The van der Waals surface area contributed by atoms with Gasteiger partial charge >= 0.3 is 0 Å². The summed E-state index contributed by atoms with van der Waals surface area (Å²) >= 11 is 0. The molecular weight excluding hydrogens is 246 g/mol. The second-order valence-corrected chi connectivity index (χ2v) is 4.32. The second kappa shape index (κ2) is 3.88. The van der Waals surface area contributed by atoms with E-state index < -0.39 is 10.8 Å². The minimum Gasteiger partial charge on any atom is -0.366 e. The van der Waals surface area contributed by atoms with Crippen molar-refractivity contribution in [1.29, 1.82) is 0 Å². The zero-order valence-corrected chi connectivity index (χ0v) is 9.79. The summed E-state index contributed by atoms with van der Waals surface area (Å²) in [6, 6.07) is 4.65. The number of hydrogen-bond donors (Lipinski definition) is 1. The molecule has 6 nitrogen and oxygen atoms in total. The Morgan fingerprint density at radius 2 is 2.16 bits per heavy atom. The molecule has 1 aliphatic carbocycles. The molecule has 2 bridgehead atoms. The average Bonchev–Trinajstić information content (AvgIpc) is 2.38. The predicted molar refractivity (Wildman–Crippen MR) is 70.0 cm³/mol. The van der Waals surface area contributed by atoms with Gasteiger partial charge in [0.2, 0.25) is 5.91 Å². The number of rotatable bonds is 2. The quantitative estimate of drug-likeness (QED) is 0.641. The summed E-state index contributed by atoms with van der Waals surface area (Å²) < 4.78 is 0. The molecule has 1 aromatic carbocycles. The Hall–Kier alpha value is -2.76. The minimum atomic E-state index is -0.551. The van der Waals surface area contributed by atoms with E-state index in [0.29, 0.717) is 28.8 Å². The summed E-state index contributed by atoms with van der Waals surface area (Å²) in [7, 11) is 0. The third-order valence-corrected chi connectivity index (χ3v) is 3.23. The maximum Gasteiger partial charge on any atom is 0.298 e. The largest absolute Gasteiger partial charge is 0.366 e. The Kier molecular flexibility index (Phi) is 2.31. The van der Waals surface area contributed by atoms with Gasteiger partial charge in [-0.3, -0.25) is 19.9 Å². The van der Waals surface area contributed by atoms with Crippen LogP contribution in [0.3, 0.4) is 0 Å². The van der Waals surface area contributed by atoms with E-state index in [1.807, 2.05) is 0 Å². The van der Waals surface area contributed by atoms with Crippen LogP contribution in [0.2, 0.25) is 0 Å². The number of nitro groups is 1. The van der Waals surface area contributed by atoms with Crippen molar-refractivity contribution in [2.24, 2.45) is 10.7 Å². The number of benzene rings is 1. The lowest BCUT2D eigenvalue weighted by molar-refractivity contribution is -0.376. The Bertz CT molecular complexity index is 714. The molecule has 0 unspecified atom stereocenters. The molecule has 94 valence electrons. The first kappa shape index (κ1) is 11.3. The molecule has 19 heavy (non-hydrogen) atoms. The standard InChI is InChI=1S/C13H9N3O3/c14-13(17)8-1-2-9-10(5-8)7-3-4-15-11(6-7)12(9)16(18)19/h1-5H,6H2,(H2,14,17). The SMILES string of the molecule is NC(=O)c1ccc2c(c1)C1=CC=NC(=C2[N+](=O)[O-])C1. The van der Waals surface area contributed by atoms with E-state index >= 15 is 0 Å². The lowest BCUT2D eigenvalue weighted by Gasteiger charge is -2.20. The average molecular weight is 255 g/mol. The van der Waals surface area contributed by atoms with Crippen molar-refractivity contribution in [1.82, 2.24) is 0 Å².